The van der Waals surface area contributed by atoms with Crippen molar-refractivity contribution in [3.8, 4) is 0 Å². The average Bonchev–Trinajstić information content (AvgIpc) is 2.51. The van der Waals surface area contributed by atoms with Crippen molar-refractivity contribution >= 4 is 6.15 Å². The molecule has 2 fully saturated rings. The maximum Gasteiger partial charge on any atom is 0.373 e. The molecule has 2 saturated heterocycles. The second-order valence-corrected chi connectivity index (χ2v) is 5.52. The predicted molar refractivity (Wildman–Crippen MR) is 71.0 cm³/mol. The van der Waals surface area contributed by atoms with Crippen molar-refractivity contribution < 1.29 is 54.1 Å². The van der Waals surface area contributed by atoms with Crippen LogP contribution >= 0.6 is 0 Å². The van der Waals surface area contributed by atoms with Crippen molar-refractivity contribution in [1.29, 1.82) is 0 Å². The fraction of sp³-hybridized carbons (Fsp3) is 0.923. The van der Waals surface area contributed by atoms with Gasteiger partial charge in [-0.25, -0.2) is 0 Å². The summed E-state index contributed by atoms with van der Waals surface area (Å²) >= 11 is 0. The lowest BCUT2D eigenvalue weighted by Crippen LogP contribution is -2.63. The number of aliphatic hydroxyl groups excluding tert-OH is 4. The Kier molecular flexibility index (Phi) is 7.83. The van der Waals surface area contributed by atoms with Gasteiger partial charge >= 0.3 is 6.15 Å². The smallest absolute Gasteiger partial charge is 0.373 e. The molecular weight excluding hydrogens is 332 g/mol. The van der Waals surface area contributed by atoms with Crippen LogP contribution in [0.2, 0.25) is 0 Å². The molecule has 8 atom stereocenters. The fourth-order valence-corrected chi connectivity index (χ4v) is 2.46. The van der Waals surface area contributed by atoms with Gasteiger partial charge in [-0.2, -0.15) is 9.59 Å². The van der Waals surface area contributed by atoms with E-state index in [0.29, 0.717) is 0 Å². The van der Waals surface area contributed by atoms with Gasteiger partial charge in [-0.3, -0.25) is 0 Å². The highest BCUT2D eigenvalue weighted by Gasteiger charge is 2.49. The molecule has 0 aromatic carbocycles. The van der Waals surface area contributed by atoms with E-state index in [-0.39, 0.29) is 19.4 Å². The van der Waals surface area contributed by atoms with Crippen molar-refractivity contribution in [1.82, 2.24) is 0 Å². The van der Waals surface area contributed by atoms with Crippen LogP contribution in [0.4, 0.5) is 0 Å². The van der Waals surface area contributed by atoms with E-state index in [2.05, 4.69) is 0 Å². The van der Waals surface area contributed by atoms with Crippen LogP contribution in [0.25, 0.3) is 0 Å². The van der Waals surface area contributed by atoms with Crippen LogP contribution in [0.15, 0.2) is 0 Å². The molecule has 2 unspecified atom stereocenters. The Balaban J connectivity index is 0.000000891. The van der Waals surface area contributed by atoms with Gasteiger partial charge in [0.1, 0.15) is 36.6 Å². The zero-order valence-corrected chi connectivity index (χ0v) is 13.1. The van der Waals surface area contributed by atoms with Crippen molar-refractivity contribution in [3.05, 3.63) is 0 Å². The van der Waals surface area contributed by atoms with Crippen molar-refractivity contribution in [2.75, 3.05) is 20.3 Å². The van der Waals surface area contributed by atoms with E-state index < -0.39 is 48.7 Å². The van der Waals surface area contributed by atoms with Crippen molar-refractivity contribution in [2.45, 2.75) is 55.6 Å². The number of carbonyl (C=O) groups excluding carboxylic acids is 2. The lowest BCUT2D eigenvalue weighted by atomic mass is 9.97. The van der Waals surface area contributed by atoms with Crippen LogP contribution in [0.5, 0.6) is 0 Å². The summed E-state index contributed by atoms with van der Waals surface area (Å²) in [6, 6.07) is 0. The van der Waals surface area contributed by atoms with Crippen LogP contribution in [0.1, 0.15) is 6.92 Å². The molecule has 140 valence electrons. The van der Waals surface area contributed by atoms with E-state index in [4.69, 9.17) is 28.5 Å². The van der Waals surface area contributed by atoms with Crippen LogP contribution in [-0.4, -0.2) is 101 Å². The summed E-state index contributed by atoms with van der Waals surface area (Å²) in [5.74, 6) is -1.89. The van der Waals surface area contributed by atoms with Crippen LogP contribution in [0, 0.1) is 0 Å². The summed E-state index contributed by atoms with van der Waals surface area (Å²) < 4.78 is 20.4. The Bertz CT molecular complexity index is 422. The first-order chi connectivity index (χ1) is 11.2. The third kappa shape index (κ3) is 4.77. The molecule has 2 aliphatic heterocycles. The quantitative estimate of drug-likeness (QED) is 0.338. The molecule has 11 nitrogen and oxygen atoms in total. The summed E-state index contributed by atoms with van der Waals surface area (Å²) in [6.45, 7) is 0.861. The number of hydrogen-bond acceptors (Lipinski definition) is 11. The molecule has 5 N–H and O–H groups in total. The standard InChI is InChI=1S/C12H22O9.CO2/c1-12(17)10(16)9(6(14)4-20-12)21-11-7(15)8(18-2)5(13)3-19-11;2-1-3/h5-11,13-17H,3-4H2,1-2H3;/t5-,6-,7?,8+,9+,10?,11+,12+;/m1./s1. The first-order valence-electron chi connectivity index (χ1n) is 7.07. The minimum atomic E-state index is -1.89. The van der Waals surface area contributed by atoms with Crippen molar-refractivity contribution in [2.24, 2.45) is 0 Å². The average molecular weight is 354 g/mol. The highest BCUT2D eigenvalue weighted by atomic mass is 16.7. The van der Waals surface area contributed by atoms with E-state index >= 15 is 0 Å². The summed E-state index contributed by atoms with van der Waals surface area (Å²) in [6.07, 6.45) is -8.18. The molecule has 0 bridgehead atoms. The molecule has 2 rings (SSSR count). The van der Waals surface area contributed by atoms with E-state index in [1.807, 2.05) is 0 Å². The summed E-state index contributed by atoms with van der Waals surface area (Å²) in [5.41, 5.74) is 0. The Morgan fingerprint density at radius 3 is 2.17 bits per heavy atom. The molecule has 2 aliphatic rings. The molecule has 24 heavy (non-hydrogen) atoms. The zero-order chi connectivity index (χ0) is 18.5. The molecule has 0 aromatic heterocycles. The number of hydrogen-bond donors (Lipinski definition) is 5. The molecule has 0 radical (unpaired) electrons. The molecule has 11 heteroatoms. The molecule has 0 aliphatic carbocycles. The lowest BCUT2D eigenvalue weighted by molar-refractivity contribution is -0.355. The van der Waals surface area contributed by atoms with Crippen LogP contribution < -0.4 is 0 Å². The minimum absolute atomic E-state index is 0.133. The van der Waals surface area contributed by atoms with Gasteiger partial charge in [-0.1, -0.05) is 0 Å². The Morgan fingerprint density at radius 2 is 1.62 bits per heavy atom. The number of ether oxygens (including phenoxy) is 4. The molecule has 0 spiro atoms. The minimum Gasteiger partial charge on any atom is -0.388 e. The van der Waals surface area contributed by atoms with Gasteiger partial charge in [0.2, 0.25) is 0 Å². The molecular formula is C13H22O11. The molecule has 2 heterocycles. The monoisotopic (exact) mass is 354 g/mol. The van der Waals surface area contributed by atoms with Gasteiger partial charge < -0.3 is 44.5 Å². The van der Waals surface area contributed by atoms with Gasteiger partial charge in [0.05, 0.1) is 13.2 Å². The molecule has 0 saturated carbocycles. The Labute approximate surface area is 137 Å². The van der Waals surface area contributed by atoms with Crippen LogP contribution in [-0.2, 0) is 28.5 Å². The fourth-order valence-electron chi connectivity index (χ4n) is 2.46. The maximum absolute atomic E-state index is 10.0. The Hall–Kier alpha value is -0.980. The highest BCUT2D eigenvalue weighted by molar-refractivity contribution is 5.20. The van der Waals surface area contributed by atoms with E-state index in [1.165, 1.54) is 14.0 Å². The number of aliphatic hydroxyl groups is 5. The maximum atomic E-state index is 10.0. The summed E-state index contributed by atoms with van der Waals surface area (Å²) in [4.78, 5) is 16.2. The number of methoxy groups -OCH3 is 1. The van der Waals surface area contributed by atoms with Gasteiger partial charge in [0.25, 0.3) is 0 Å². The lowest BCUT2D eigenvalue weighted by Gasteiger charge is -2.44. The number of rotatable bonds is 3. The van der Waals surface area contributed by atoms with Gasteiger partial charge in [0.15, 0.2) is 12.1 Å². The first-order valence-corrected chi connectivity index (χ1v) is 7.07. The normalized spacial score (nSPS) is 45.7. The predicted octanol–water partition coefficient (Wildman–Crippen LogP) is -3.66. The van der Waals surface area contributed by atoms with E-state index in [9.17, 15) is 25.5 Å². The van der Waals surface area contributed by atoms with E-state index in [0.717, 1.165) is 0 Å². The van der Waals surface area contributed by atoms with Gasteiger partial charge in [-0.05, 0) is 6.92 Å². The summed E-state index contributed by atoms with van der Waals surface area (Å²) in [7, 11) is 1.32. The zero-order valence-electron chi connectivity index (χ0n) is 13.1. The second kappa shape index (κ2) is 8.92. The molecule has 0 aromatic rings. The SMILES string of the molecule is CO[C@@H]1C(O)[C@H](O[C@@H]2C(O)[C@@](C)(O)OC[C@H]2O)OC[C@H]1O.O=C=O. The van der Waals surface area contributed by atoms with Gasteiger partial charge in [-0.15, -0.1) is 0 Å². The van der Waals surface area contributed by atoms with Gasteiger partial charge in [0, 0.05) is 7.11 Å². The third-order valence-corrected chi connectivity index (χ3v) is 3.77. The summed E-state index contributed by atoms with van der Waals surface area (Å²) in [5, 5.41) is 49.3. The first kappa shape index (κ1) is 21.1. The van der Waals surface area contributed by atoms with E-state index in [1.54, 1.807) is 0 Å². The molecule has 0 amide bonds. The highest BCUT2D eigenvalue weighted by Crippen LogP contribution is 2.28. The van der Waals surface area contributed by atoms with Crippen molar-refractivity contribution in [3.63, 3.8) is 0 Å². The van der Waals surface area contributed by atoms with Crippen LogP contribution in [0.3, 0.4) is 0 Å². The Morgan fingerprint density at radius 1 is 1.08 bits per heavy atom. The third-order valence-electron chi connectivity index (χ3n) is 3.77. The topological polar surface area (TPSA) is 172 Å². The second-order valence-electron chi connectivity index (χ2n) is 5.52. The largest absolute Gasteiger partial charge is 0.388 e.